The molecule has 0 bridgehead atoms. The van der Waals surface area contributed by atoms with Crippen molar-refractivity contribution in [1.29, 1.82) is 0 Å². The highest BCUT2D eigenvalue weighted by molar-refractivity contribution is 7.88. The summed E-state index contributed by atoms with van der Waals surface area (Å²) in [5.41, 5.74) is 1.26. The summed E-state index contributed by atoms with van der Waals surface area (Å²) in [4.78, 5) is 20.4. The first-order valence-corrected chi connectivity index (χ1v) is 9.78. The summed E-state index contributed by atoms with van der Waals surface area (Å²) < 4.78 is 24.7. The van der Waals surface area contributed by atoms with Crippen molar-refractivity contribution in [2.75, 3.05) is 25.9 Å². The third-order valence-corrected chi connectivity index (χ3v) is 5.30. The van der Waals surface area contributed by atoms with Crippen molar-refractivity contribution in [1.82, 2.24) is 19.6 Å². The summed E-state index contributed by atoms with van der Waals surface area (Å²) >= 11 is 0. The van der Waals surface area contributed by atoms with Crippen molar-refractivity contribution in [3.05, 3.63) is 23.8 Å². The third kappa shape index (κ3) is 4.97. The number of rotatable bonds is 6. The average molecular weight is 340 g/mol. The number of hydrogen-bond donors (Lipinski definition) is 1. The summed E-state index contributed by atoms with van der Waals surface area (Å²) in [6.45, 7) is 3.53. The van der Waals surface area contributed by atoms with Gasteiger partial charge in [-0.1, -0.05) is 13.3 Å². The highest BCUT2D eigenvalue weighted by Crippen LogP contribution is 2.18. The number of piperidine rings is 1. The summed E-state index contributed by atoms with van der Waals surface area (Å²) in [7, 11) is -3.16. The van der Waals surface area contributed by atoms with E-state index >= 15 is 0 Å². The van der Waals surface area contributed by atoms with Gasteiger partial charge in [0.15, 0.2) is 0 Å². The second kappa shape index (κ2) is 7.83. The number of carbonyl (C=O) groups excluding carboxylic acids is 1. The number of aryl methyl sites for hydroxylation is 1. The molecule has 0 aromatic carbocycles. The molecule has 1 atom stereocenters. The van der Waals surface area contributed by atoms with E-state index in [2.05, 4.69) is 15.3 Å². The van der Waals surface area contributed by atoms with Crippen LogP contribution in [-0.2, 0) is 16.4 Å². The fraction of sp³-hybridized carbons (Fsp3) is 0.667. The van der Waals surface area contributed by atoms with E-state index < -0.39 is 10.0 Å². The minimum absolute atomic E-state index is 0.140. The molecular formula is C15H24N4O3S. The zero-order valence-corrected chi connectivity index (χ0v) is 14.5. The molecule has 128 valence electrons. The van der Waals surface area contributed by atoms with Crippen LogP contribution in [0.4, 0.5) is 0 Å². The molecule has 0 radical (unpaired) electrons. The van der Waals surface area contributed by atoms with Crippen LogP contribution < -0.4 is 5.32 Å². The van der Waals surface area contributed by atoms with Gasteiger partial charge in [0.05, 0.1) is 17.5 Å². The predicted molar refractivity (Wildman–Crippen MR) is 87.5 cm³/mol. The molecule has 1 aliphatic rings. The van der Waals surface area contributed by atoms with Gasteiger partial charge in [0.2, 0.25) is 10.0 Å². The maximum Gasteiger partial charge on any atom is 0.254 e. The lowest BCUT2D eigenvalue weighted by atomic mass is 9.99. The van der Waals surface area contributed by atoms with Crippen LogP contribution in [0.3, 0.4) is 0 Å². The summed E-state index contributed by atoms with van der Waals surface area (Å²) in [5.74, 6) is -0.0489. The largest absolute Gasteiger partial charge is 0.352 e. The van der Waals surface area contributed by atoms with Gasteiger partial charge in [0, 0.05) is 25.8 Å². The molecule has 1 amide bonds. The number of sulfonamides is 1. The Bertz CT molecular complexity index is 648. The lowest BCUT2D eigenvalue weighted by molar-refractivity contribution is 0.0939. The van der Waals surface area contributed by atoms with E-state index in [1.807, 2.05) is 6.92 Å². The Hall–Kier alpha value is -1.54. The minimum atomic E-state index is -3.16. The Morgan fingerprint density at radius 1 is 1.48 bits per heavy atom. The SMILES string of the molecule is CCCc1ncncc1C(=O)NC[C@H]1CCCN(S(C)(=O)=O)C1. The molecule has 1 aliphatic heterocycles. The summed E-state index contributed by atoms with van der Waals surface area (Å²) in [6.07, 6.45) is 7.60. The van der Waals surface area contributed by atoms with E-state index in [9.17, 15) is 13.2 Å². The van der Waals surface area contributed by atoms with Crippen LogP contribution in [0.15, 0.2) is 12.5 Å². The van der Waals surface area contributed by atoms with E-state index in [0.717, 1.165) is 31.4 Å². The van der Waals surface area contributed by atoms with Crippen LogP contribution >= 0.6 is 0 Å². The summed E-state index contributed by atoms with van der Waals surface area (Å²) in [5, 5.41) is 2.90. The summed E-state index contributed by atoms with van der Waals surface area (Å²) in [6, 6.07) is 0. The number of amides is 1. The van der Waals surface area contributed by atoms with Crippen molar-refractivity contribution in [3.63, 3.8) is 0 Å². The standard InChI is InChI=1S/C15H24N4O3S/c1-3-5-14-13(9-16-11-18-14)15(20)17-8-12-6-4-7-19(10-12)23(2,21)22/h9,11-12H,3-8,10H2,1-2H3,(H,17,20)/t12-/m1/s1. The Labute approximate surface area is 137 Å². The van der Waals surface area contributed by atoms with E-state index in [-0.39, 0.29) is 11.8 Å². The fourth-order valence-corrected chi connectivity index (χ4v) is 3.75. The molecule has 0 spiro atoms. The smallest absolute Gasteiger partial charge is 0.254 e. The number of nitrogens with zero attached hydrogens (tertiary/aromatic N) is 3. The lowest BCUT2D eigenvalue weighted by Crippen LogP contribution is -2.43. The highest BCUT2D eigenvalue weighted by Gasteiger charge is 2.26. The van der Waals surface area contributed by atoms with Crippen LogP contribution in [0.2, 0.25) is 0 Å². The Morgan fingerprint density at radius 3 is 2.96 bits per heavy atom. The molecule has 0 unspecified atom stereocenters. The van der Waals surface area contributed by atoms with E-state index in [0.29, 0.717) is 25.2 Å². The quantitative estimate of drug-likeness (QED) is 0.828. The van der Waals surface area contributed by atoms with Crippen LogP contribution in [0.1, 0.15) is 42.2 Å². The fourth-order valence-electron chi connectivity index (χ4n) is 2.81. The zero-order valence-electron chi connectivity index (χ0n) is 13.7. The monoisotopic (exact) mass is 340 g/mol. The van der Waals surface area contributed by atoms with Crippen molar-refractivity contribution in [2.45, 2.75) is 32.6 Å². The Balaban J connectivity index is 1.94. The van der Waals surface area contributed by atoms with Gasteiger partial charge >= 0.3 is 0 Å². The topological polar surface area (TPSA) is 92.3 Å². The molecule has 2 rings (SSSR count). The Morgan fingerprint density at radius 2 is 2.26 bits per heavy atom. The highest BCUT2D eigenvalue weighted by atomic mass is 32.2. The molecular weight excluding hydrogens is 316 g/mol. The average Bonchev–Trinajstić information content (AvgIpc) is 2.53. The molecule has 1 N–H and O–H groups in total. The van der Waals surface area contributed by atoms with Gasteiger partial charge in [-0.15, -0.1) is 0 Å². The first kappa shape index (κ1) is 17.8. The van der Waals surface area contributed by atoms with Gasteiger partial charge in [-0.3, -0.25) is 4.79 Å². The zero-order chi connectivity index (χ0) is 16.9. The minimum Gasteiger partial charge on any atom is -0.352 e. The second-order valence-corrected chi connectivity index (χ2v) is 7.95. The number of aromatic nitrogens is 2. The van der Waals surface area contributed by atoms with Gasteiger partial charge in [0.1, 0.15) is 6.33 Å². The van der Waals surface area contributed by atoms with E-state index in [1.165, 1.54) is 23.1 Å². The van der Waals surface area contributed by atoms with Crippen molar-refractivity contribution in [2.24, 2.45) is 5.92 Å². The third-order valence-electron chi connectivity index (χ3n) is 4.03. The van der Waals surface area contributed by atoms with Gasteiger partial charge < -0.3 is 5.32 Å². The molecule has 8 heteroatoms. The Kier molecular flexibility index (Phi) is 6.06. The van der Waals surface area contributed by atoms with Gasteiger partial charge in [-0.2, -0.15) is 0 Å². The predicted octanol–water partition coefficient (Wildman–Crippen LogP) is 0.831. The number of hydrogen-bond acceptors (Lipinski definition) is 5. The van der Waals surface area contributed by atoms with E-state index in [1.54, 1.807) is 0 Å². The normalized spacial score (nSPS) is 19.5. The molecule has 1 aromatic heterocycles. The molecule has 7 nitrogen and oxygen atoms in total. The van der Waals surface area contributed by atoms with Gasteiger partial charge in [-0.25, -0.2) is 22.7 Å². The van der Waals surface area contributed by atoms with Crippen molar-refractivity contribution < 1.29 is 13.2 Å². The van der Waals surface area contributed by atoms with Gasteiger partial charge in [0.25, 0.3) is 5.91 Å². The lowest BCUT2D eigenvalue weighted by Gasteiger charge is -2.31. The molecule has 0 aliphatic carbocycles. The molecule has 1 aromatic rings. The van der Waals surface area contributed by atoms with Crippen molar-refractivity contribution in [3.8, 4) is 0 Å². The van der Waals surface area contributed by atoms with Crippen LogP contribution in [0.5, 0.6) is 0 Å². The first-order valence-electron chi connectivity index (χ1n) is 7.94. The second-order valence-electron chi connectivity index (χ2n) is 5.97. The first-order chi connectivity index (χ1) is 10.9. The molecule has 0 saturated carbocycles. The molecule has 1 saturated heterocycles. The maximum absolute atomic E-state index is 12.3. The molecule has 1 fully saturated rings. The number of nitrogens with one attached hydrogen (secondary N) is 1. The van der Waals surface area contributed by atoms with Crippen LogP contribution in [0, 0.1) is 5.92 Å². The number of carbonyl (C=O) groups is 1. The van der Waals surface area contributed by atoms with Gasteiger partial charge in [-0.05, 0) is 25.2 Å². The molecule has 23 heavy (non-hydrogen) atoms. The van der Waals surface area contributed by atoms with Crippen molar-refractivity contribution >= 4 is 15.9 Å². The van der Waals surface area contributed by atoms with Crippen LogP contribution in [-0.4, -0.2) is 54.5 Å². The maximum atomic E-state index is 12.3. The van der Waals surface area contributed by atoms with Crippen LogP contribution in [0.25, 0.3) is 0 Å². The van der Waals surface area contributed by atoms with E-state index in [4.69, 9.17) is 0 Å². The molecule has 2 heterocycles.